The van der Waals surface area contributed by atoms with Crippen LogP contribution in [0.1, 0.15) is 23.4 Å². The summed E-state index contributed by atoms with van der Waals surface area (Å²) in [6, 6.07) is 6.59. The maximum atomic E-state index is 5.56. The highest BCUT2D eigenvalue weighted by molar-refractivity contribution is 5.63. The molecule has 2 N–H and O–H groups in total. The SMILES string of the molecule is Cc1ccc2c(c1)-c1nnc(CCCN)n1CC2. The van der Waals surface area contributed by atoms with Crippen molar-refractivity contribution in [1.82, 2.24) is 14.8 Å². The van der Waals surface area contributed by atoms with Gasteiger partial charge in [0.25, 0.3) is 0 Å². The van der Waals surface area contributed by atoms with Gasteiger partial charge in [0.2, 0.25) is 0 Å². The van der Waals surface area contributed by atoms with Crippen molar-refractivity contribution in [2.45, 2.75) is 32.7 Å². The molecule has 1 aromatic heterocycles. The smallest absolute Gasteiger partial charge is 0.164 e. The van der Waals surface area contributed by atoms with Crippen molar-refractivity contribution in [3.05, 3.63) is 35.2 Å². The van der Waals surface area contributed by atoms with Crippen LogP contribution in [0.4, 0.5) is 0 Å². The number of hydrogen-bond acceptors (Lipinski definition) is 3. The summed E-state index contributed by atoms with van der Waals surface area (Å²) >= 11 is 0. The lowest BCUT2D eigenvalue weighted by molar-refractivity contribution is 0.629. The second kappa shape index (κ2) is 4.53. The molecule has 0 spiro atoms. The highest BCUT2D eigenvalue weighted by Crippen LogP contribution is 2.29. The van der Waals surface area contributed by atoms with Crippen molar-refractivity contribution in [2.24, 2.45) is 5.73 Å². The number of nitrogens with two attached hydrogens (primary N) is 1. The first kappa shape index (κ1) is 11.4. The van der Waals surface area contributed by atoms with E-state index in [-0.39, 0.29) is 0 Å². The van der Waals surface area contributed by atoms with Crippen LogP contribution in [0.3, 0.4) is 0 Å². The number of benzene rings is 1. The Labute approximate surface area is 107 Å². The largest absolute Gasteiger partial charge is 0.330 e. The lowest BCUT2D eigenvalue weighted by atomic mass is 9.98. The molecule has 0 bridgehead atoms. The third kappa shape index (κ3) is 1.82. The summed E-state index contributed by atoms with van der Waals surface area (Å²) in [6.07, 6.45) is 2.96. The monoisotopic (exact) mass is 242 g/mol. The van der Waals surface area contributed by atoms with E-state index >= 15 is 0 Å². The number of fused-ring (bicyclic) bond motifs is 3. The lowest BCUT2D eigenvalue weighted by Crippen LogP contribution is -2.14. The minimum absolute atomic E-state index is 0.706. The molecule has 0 aliphatic carbocycles. The van der Waals surface area contributed by atoms with Gasteiger partial charge in [0, 0.05) is 18.5 Å². The maximum absolute atomic E-state index is 5.56. The summed E-state index contributed by atoms with van der Waals surface area (Å²) in [6.45, 7) is 3.81. The van der Waals surface area contributed by atoms with Gasteiger partial charge in [-0.25, -0.2) is 0 Å². The highest BCUT2D eigenvalue weighted by Gasteiger charge is 2.20. The fraction of sp³-hybridized carbons (Fsp3) is 0.429. The van der Waals surface area contributed by atoms with Crippen LogP contribution in [-0.4, -0.2) is 21.3 Å². The van der Waals surface area contributed by atoms with Crippen LogP contribution in [0.25, 0.3) is 11.4 Å². The Morgan fingerprint density at radius 3 is 3.06 bits per heavy atom. The first-order valence-electron chi connectivity index (χ1n) is 6.51. The summed E-state index contributed by atoms with van der Waals surface area (Å²) in [4.78, 5) is 0. The molecule has 1 aliphatic rings. The van der Waals surface area contributed by atoms with Gasteiger partial charge in [0.1, 0.15) is 5.82 Å². The van der Waals surface area contributed by atoms with Gasteiger partial charge in [-0.3, -0.25) is 0 Å². The van der Waals surface area contributed by atoms with Crippen molar-refractivity contribution < 1.29 is 0 Å². The quantitative estimate of drug-likeness (QED) is 0.891. The zero-order valence-corrected chi connectivity index (χ0v) is 10.7. The first-order valence-corrected chi connectivity index (χ1v) is 6.51. The van der Waals surface area contributed by atoms with Crippen molar-refractivity contribution in [1.29, 1.82) is 0 Å². The summed E-state index contributed by atoms with van der Waals surface area (Å²) in [5.41, 5.74) is 9.46. The third-order valence-electron chi connectivity index (χ3n) is 3.54. The van der Waals surface area contributed by atoms with Gasteiger partial charge in [-0.15, -0.1) is 10.2 Å². The zero-order valence-electron chi connectivity index (χ0n) is 10.7. The Bertz CT molecular complexity index is 571. The van der Waals surface area contributed by atoms with Crippen LogP contribution in [0, 0.1) is 6.92 Å². The molecule has 4 nitrogen and oxygen atoms in total. The summed E-state index contributed by atoms with van der Waals surface area (Å²) in [7, 11) is 0. The van der Waals surface area contributed by atoms with Gasteiger partial charge >= 0.3 is 0 Å². The molecule has 0 saturated heterocycles. The molecule has 0 saturated carbocycles. The molecule has 1 aliphatic heterocycles. The predicted molar refractivity (Wildman–Crippen MR) is 71.3 cm³/mol. The van der Waals surface area contributed by atoms with Crippen LogP contribution >= 0.6 is 0 Å². The van der Waals surface area contributed by atoms with E-state index < -0.39 is 0 Å². The summed E-state index contributed by atoms with van der Waals surface area (Å²) in [5, 5.41) is 8.69. The van der Waals surface area contributed by atoms with Crippen LogP contribution in [0.2, 0.25) is 0 Å². The molecule has 1 aromatic carbocycles. The van der Waals surface area contributed by atoms with E-state index in [1.54, 1.807) is 0 Å². The normalized spacial score (nSPS) is 13.2. The van der Waals surface area contributed by atoms with Gasteiger partial charge in [-0.2, -0.15) is 0 Å². The first-order chi connectivity index (χ1) is 8.79. The molecule has 2 heterocycles. The summed E-state index contributed by atoms with van der Waals surface area (Å²) < 4.78 is 2.25. The molecular formula is C14H18N4. The Kier molecular flexibility index (Phi) is 2.88. The molecule has 4 heteroatoms. The molecule has 2 aromatic rings. The number of hydrogen-bond donors (Lipinski definition) is 1. The second-order valence-electron chi connectivity index (χ2n) is 4.89. The Balaban J connectivity index is 2.03. The van der Waals surface area contributed by atoms with Gasteiger partial charge in [-0.1, -0.05) is 17.7 Å². The highest BCUT2D eigenvalue weighted by atomic mass is 15.3. The van der Waals surface area contributed by atoms with Gasteiger partial charge in [0.15, 0.2) is 5.82 Å². The molecule has 0 amide bonds. The fourth-order valence-corrected chi connectivity index (χ4v) is 2.56. The van der Waals surface area contributed by atoms with E-state index in [1.165, 1.54) is 16.7 Å². The van der Waals surface area contributed by atoms with Crippen molar-refractivity contribution in [2.75, 3.05) is 6.54 Å². The third-order valence-corrected chi connectivity index (χ3v) is 3.54. The van der Waals surface area contributed by atoms with Crippen molar-refractivity contribution in [3.8, 4) is 11.4 Å². The Morgan fingerprint density at radius 2 is 2.22 bits per heavy atom. The Hall–Kier alpha value is -1.68. The van der Waals surface area contributed by atoms with Gasteiger partial charge in [-0.05, 0) is 37.9 Å². The molecular weight excluding hydrogens is 224 g/mol. The standard InChI is InChI=1S/C14H18N4/c1-10-4-5-11-6-8-18-13(3-2-7-15)16-17-14(18)12(11)9-10/h4-5,9H,2-3,6-8,15H2,1H3. The number of nitrogens with zero attached hydrogens (tertiary/aromatic N) is 3. The minimum atomic E-state index is 0.706. The van der Waals surface area contributed by atoms with E-state index in [0.717, 1.165) is 37.5 Å². The molecule has 0 unspecified atom stereocenters. The van der Waals surface area contributed by atoms with E-state index in [9.17, 15) is 0 Å². The fourth-order valence-electron chi connectivity index (χ4n) is 2.56. The molecule has 0 atom stereocenters. The van der Waals surface area contributed by atoms with E-state index in [0.29, 0.717) is 6.54 Å². The van der Waals surface area contributed by atoms with E-state index in [2.05, 4.69) is 39.9 Å². The molecule has 94 valence electrons. The lowest BCUT2D eigenvalue weighted by Gasteiger charge is -2.19. The average molecular weight is 242 g/mol. The topological polar surface area (TPSA) is 56.7 Å². The zero-order chi connectivity index (χ0) is 12.5. The van der Waals surface area contributed by atoms with Crippen LogP contribution in [-0.2, 0) is 19.4 Å². The predicted octanol–water partition coefficient (Wildman–Crippen LogP) is 1.70. The van der Waals surface area contributed by atoms with Gasteiger partial charge < -0.3 is 10.3 Å². The number of rotatable bonds is 3. The van der Waals surface area contributed by atoms with Crippen LogP contribution < -0.4 is 5.73 Å². The minimum Gasteiger partial charge on any atom is -0.330 e. The molecule has 18 heavy (non-hydrogen) atoms. The van der Waals surface area contributed by atoms with E-state index in [4.69, 9.17) is 5.73 Å². The second-order valence-corrected chi connectivity index (χ2v) is 4.89. The average Bonchev–Trinajstić information content (AvgIpc) is 2.79. The van der Waals surface area contributed by atoms with E-state index in [1.807, 2.05) is 0 Å². The number of aromatic nitrogens is 3. The molecule has 0 fully saturated rings. The van der Waals surface area contributed by atoms with Crippen LogP contribution in [0.5, 0.6) is 0 Å². The number of aryl methyl sites for hydroxylation is 3. The maximum Gasteiger partial charge on any atom is 0.164 e. The Morgan fingerprint density at radius 1 is 1.33 bits per heavy atom. The molecule has 0 radical (unpaired) electrons. The van der Waals surface area contributed by atoms with Crippen molar-refractivity contribution >= 4 is 0 Å². The molecule has 3 rings (SSSR count). The van der Waals surface area contributed by atoms with Crippen molar-refractivity contribution in [3.63, 3.8) is 0 Å². The summed E-state index contributed by atoms with van der Waals surface area (Å²) in [5.74, 6) is 2.09. The van der Waals surface area contributed by atoms with Gasteiger partial charge in [0.05, 0.1) is 0 Å². The van der Waals surface area contributed by atoms with Crippen LogP contribution in [0.15, 0.2) is 18.2 Å².